The van der Waals surface area contributed by atoms with Gasteiger partial charge in [0.2, 0.25) is 0 Å². The fourth-order valence-corrected chi connectivity index (χ4v) is 9.89. The lowest BCUT2D eigenvalue weighted by Gasteiger charge is -2.50. The Kier molecular flexibility index (Phi) is 21.5. The van der Waals surface area contributed by atoms with Crippen molar-refractivity contribution in [2.24, 2.45) is 5.11 Å². The fourth-order valence-electron chi connectivity index (χ4n) is 9.89. The van der Waals surface area contributed by atoms with Gasteiger partial charge < -0.3 is 66.7 Å². The summed E-state index contributed by atoms with van der Waals surface area (Å²) in [6.07, 6.45) is -22.5. The zero-order valence-corrected chi connectivity index (χ0v) is 46.4. The van der Waals surface area contributed by atoms with Crippen molar-refractivity contribution in [3.05, 3.63) is 226 Å². The van der Waals surface area contributed by atoms with E-state index in [1.807, 2.05) is 30.3 Å². The van der Waals surface area contributed by atoms with Crippen LogP contribution in [0.5, 0.6) is 0 Å². The third-order valence-electron chi connectivity index (χ3n) is 14.1. The summed E-state index contributed by atoms with van der Waals surface area (Å²) in [6, 6.07) is 48.3. The van der Waals surface area contributed by atoms with Gasteiger partial charge in [-0.1, -0.05) is 139 Å². The Labute approximate surface area is 489 Å². The van der Waals surface area contributed by atoms with E-state index in [0.717, 1.165) is 5.56 Å². The number of ether oxygens (including phenoxy) is 13. The minimum absolute atomic E-state index is 0.0464. The smallest absolute Gasteiger partial charge is 0.338 e. The molecule has 0 unspecified atom stereocenters. The number of rotatable bonds is 23. The second kappa shape index (κ2) is 29.9. The summed E-state index contributed by atoms with van der Waals surface area (Å²) in [5.74, 6) is -4.40. The van der Waals surface area contributed by atoms with Gasteiger partial charge in [0.1, 0.15) is 49.3 Å². The highest BCUT2D eigenvalue weighted by Gasteiger charge is 2.59. The van der Waals surface area contributed by atoms with Crippen LogP contribution in [0.1, 0.15) is 66.4 Å². The van der Waals surface area contributed by atoms with Crippen LogP contribution in [0, 0.1) is 0 Å². The molecule has 85 heavy (non-hydrogen) atoms. The number of benzene rings is 6. The van der Waals surface area contributed by atoms with Crippen molar-refractivity contribution in [2.75, 3.05) is 20.3 Å². The van der Waals surface area contributed by atoms with Crippen molar-refractivity contribution in [1.82, 2.24) is 0 Å². The van der Waals surface area contributed by atoms with E-state index in [2.05, 4.69) is 10.0 Å². The van der Waals surface area contributed by atoms with Gasteiger partial charge in [-0.05, 0) is 72.1 Å². The number of aliphatic hydroxyl groups excluding tert-OH is 1. The average Bonchev–Trinajstić information content (AvgIpc) is 3.21. The van der Waals surface area contributed by atoms with E-state index in [4.69, 9.17) is 61.6 Å². The van der Waals surface area contributed by atoms with Crippen LogP contribution in [0.15, 0.2) is 187 Å². The second-order valence-electron chi connectivity index (χ2n) is 19.9. The minimum Gasteiger partial charge on any atom is -0.463 e. The summed E-state index contributed by atoms with van der Waals surface area (Å²) in [5, 5.41) is 16.3. The summed E-state index contributed by atoms with van der Waals surface area (Å²) in [5.41, 5.74) is 11.8. The molecule has 3 heterocycles. The van der Waals surface area contributed by atoms with Crippen molar-refractivity contribution in [1.29, 1.82) is 0 Å². The Morgan fingerprint density at radius 2 is 0.906 bits per heavy atom. The summed E-state index contributed by atoms with van der Waals surface area (Å²) >= 11 is 0. The molecule has 3 saturated heterocycles. The number of azide groups is 1. The van der Waals surface area contributed by atoms with Crippen LogP contribution in [-0.2, 0) is 79.6 Å². The highest BCUT2D eigenvalue weighted by Crippen LogP contribution is 2.39. The Morgan fingerprint density at radius 3 is 1.38 bits per heavy atom. The summed E-state index contributed by atoms with van der Waals surface area (Å²) < 4.78 is 82.8. The van der Waals surface area contributed by atoms with E-state index in [0.29, 0.717) is 5.56 Å². The molecule has 9 rings (SSSR count). The third-order valence-corrected chi connectivity index (χ3v) is 14.1. The van der Waals surface area contributed by atoms with Gasteiger partial charge in [-0.2, -0.15) is 0 Å². The Morgan fingerprint density at radius 1 is 0.494 bits per heavy atom. The molecule has 6 aromatic rings. The predicted octanol–water partition coefficient (Wildman–Crippen LogP) is 7.91. The molecule has 0 amide bonds. The molecular formula is C63H63N3O19. The number of esters is 5. The predicted molar refractivity (Wildman–Crippen MR) is 298 cm³/mol. The van der Waals surface area contributed by atoms with E-state index in [-0.39, 0.29) is 42.1 Å². The number of carbonyl (C=O) groups is 5. The lowest BCUT2D eigenvalue weighted by molar-refractivity contribution is -0.373. The zero-order chi connectivity index (χ0) is 59.7. The zero-order valence-electron chi connectivity index (χ0n) is 46.4. The summed E-state index contributed by atoms with van der Waals surface area (Å²) in [7, 11) is 1.29. The van der Waals surface area contributed by atoms with E-state index in [9.17, 15) is 34.6 Å². The molecule has 0 saturated carbocycles. The van der Waals surface area contributed by atoms with Crippen molar-refractivity contribution < 1.29 is 90.7 Å². The Bertz CT molecular complexity index is 3170. The number of carbonyl (C=O) groups excluding carboxylic acids is 5. The topological polar surface area (TPSA) is 274 Å². The van der Waals surface area contributed by atoms with Gasteiger partial charge in [-0.3, -0.25) is 4.79 Å². The molecule has 444 valence electrons. The molecule has 0 radical (unpaired) electrons. The Hall–Kier alpha value is -8.38. The van der Waals surface area contributed by atoms with Gasteiger partial charge in [0.25, 0.3) is 0 Å². The molecule has 0 bridgehead atoms. The average molecular weight is 1170 g/mol. The van der Waals surface area contributed by atoms with Crippen LogP contribution in [0.2, 0.25) is 0 Å². The first kappa shape index (κ1) is 61.2. The molecule has 0 aliphatic carbocycles. The minimum atomic E-state index is -1.90. The van der Waals surface area contributed by atoms with Gasteiger partial charge in [0.05, 0.1) is 48.2 Å². The summed E-state index contributed by atoms with van der Waals surface area (Å²) in [6.45, 7) is 1.84. The van der Waals surface area contributed by atoms with E-state index >= 15 is 0 Å². The normalized spacial score (nSPS) is 27.2. The highest BCUT2D eigenvalue weighted by atomic mass is 16.8. The van der Waals surface area contributed by atoms with E-state index in [1.165, 1.54) is 69.5 Å². The van der Waals surface area contributed by atoms with Crippen molar-refractivity contribution >= 4 is 29.8 Å². The molecule has 3 aliphatic rings. The van der Waals surface area contributed by atoms with Gasteiger partial charge >= 0.3 is 29.8 Å². The van der Waals surface area contributed by atoms with Crippen LogP contribution in [0.4, 0.5) is 0 Å². The lowest BCUT2D eigenvalue weighted by Crippen LogP contribution is -2.68. The molecule has 15 atom stereocenters. The maximum atomic E-state index is 14.7. The van der Waals surface area contributed by atoms with Crippen molar-refractivity contribution in [3.8, 4) is 0 Å². The standard InChI is InChI=1S/C63H63N3O19/c1-38-50(80-57(69)42-26-14-6-15-27-42)53(81-58(70)43-28-16-7-17-29-43)55(82-59(71)44-30-18-8-19-31-44)62(77-38)85-54-51(76-35-41-24-12-5-13-25-41)47(37-75-39(2)67)79-63(56(54)83-60(72)45-32-20-9-21-33-45)84-52-48(65-66-64)61(73-3)78-46(49(52)68)36-74-34-40-22-10-4-11-23-40/h4-33,38,46-56,61-63,68H,34-37H2,1-3H3/t38-,46+,47+,48+,49-,50-,51+,52+,53+,54-,55+,56+,61-,62-,63-/m0/s1. The highest BCUT2D eigenvalue weighted by molar-refractivity contribution is 5.91. The van der Waals surface area contributed by atoms with E-state index < -0.39 is 129 Å². The van der Waals surface area contributed by atoms with Crippen LogP contribution in [0.3, 0.4) is 0 Å². The number of aliphatic hydroxyl groups is 1. The lowest BCUT2D eigenvalue weighted by atomic mass is 9.94. The molecule has 3 aliphatic heterocycles. The van der Waals surface area contributed by atoms with Crippen molar-refractivity contribution in [3.63, 3.8) is 0 Å². The number of methoxy groups -OCH3 is 1. The summed E-state index contributed by atoms with van der Waals surface area (Å²) in [4.78, 5) is 73.5. The van der Waals surface area contributed by atoms with Gasteiger partial charge in [-0.15, -0.1) is 0 Å². The molecule has 0 aromatic heterocycles. The van der Waals surface area contributed by atoms with Crippen LogP contribution in [-0.4, -0.2) is 147 Å². The molecule has 3 fully saturated rings. The number of hydrogen-bond donors (Lipinski definition) is 1. The Balaban J connectivity index is 1.17. The molecule has 22 heteroatoms. The quantitative estimate of drug-likeness (QED) is 0.0210. The first-order valence-electron chi connectivity index (χ1n) is 27.4. The maximum absolute atomic E-state index is 14.7. The largest absolute Gasteiger partial charge is 0.463 e. The first-order valence-corrected chi connectivity index (χ1v) is 27.4. The second-order valence-corrected chi connectivity index (χ2v) is 19.9. The van der Waals surface area contributed by atoms with Gasteiger partial charge in [0.15, 0.2) is 43.3 Å². The molecule has 22 nitrogen and oxygen atoms in total. The van der Waals surface area contributed by atoms with E-state index in [1.54, 1.807) is 103 Å². The fraction of sp³-hybridized carbons (Fsp3) is 0.349. The third kappa shape index (κ3) is 15.9. The number of nitrogens with zero attached hydrogens (tertiary/aromatic N) is 3. The molecule has 0 spiro atoms. The monoisotopic (exact) mass is 1170 g/mol. The molecular weight excluding hydrogens is 1100 g/mol. The molecule has 6 aromatic carbocycles. The van der Waals surface area contributed by atoms with Crippen molar-refractivity contribution in [2.45, 2.75) is 119 Å². The number of hydrogen-bond acceptors (Lipinski definition) is 20. The maximum Gasteiger partial charge on any atom is 0.338 e. The SMILES string of the molecule is CO[C@H]1O[C@H](COCc2ccccc2)[C@H](O)[C@H](O[C@@H]2O[C@H](COC(C)=O)[C@@H](OCc3ccccc3)[C@H](O[C@@H]3O[C@@H](C)[C@H](OC(=O)c4ccccc4)[C@@H](OC(=O)c4ccccc4)[C@H]3OC(=O)c3ccccc3)[C@H]2OC(=O)c2ccccc2)[C@H]1N=[N+]=[N-]. The molecule has 1 N–H and O–H groups in total. The van der Waals surface area contributed by atoms with Crippen LogP contribution >= 0.6 is 0 Å². The van der Waals surface area contributed by atoms with Crippen LogP contribution in [0.25, 0.3) is 10.4 Å². The first-order chi connectivity index (χ1) is 41.4. The van der Waals surface area contributed by atoms with Gasteiger partial charge in [0, 0.05) is 18.9 Å². The van der Waals surface area contributed by atoms with Crippen LogP contribution < -0.4 is 0 Å². The van der Waals surface area contributed by atoms with Gasteiger partial charge in [-0.25, -0.2) is 19.2 Å².